The third-order valence-corrected chi connectivity index (χ3v) is 5.24. The van der Waals surface area contributed by atoms with E-state index in [2.05, 4.69) is 20.6 Å². The molecule has 4 rings (SSSR count). The topological polar surface area (TPSA) is 98.7 Å². The van der Waals surface area contributed by atoms with Crippen LogP contribution in [0, 0.1) is 12.8 Å². The molecule has 0 saturated heterocycles. The van der Waals surface area contributed by atoms with E-state index >= 15 is 0 Å². The number of nitrogens with two attached hydrogens (primary N) is 1. The maximum atomic E-state index is 12.7. The molecule has 150 valence electrons. The molecule has 1 aliphatic rings. The van der Waals surface area contributed by atoms with Crippen molar-refractivity contribution in [3.8, 4) is 5.69 Å². The molecule has 1 aliphatic carbocycles. The standard InChI is InChI=1S/C19H22N6O.2ClH/c1-12-17(18(26)22-19(2,11-20)14-5-6-14)23-24-25(12)15-7-8-16-13(10-15)4-3-9-21-16;;/h3-4,7-10,14H,5-6,11,20H2,1-2H3,(H,22,26);2*1H. The predicted octanol–water partition coefficient (Wildman–Crippen LogP) is 2.82. The van der Waals surface area contributed by atoms with Crippen LogP contribution in [0.3, 0.4) is 0 Å². The molecule has 2 aromatic heterocycles. The quantitative estimate of drug-likeness (QED) is 0.658. The summed E-state index contributed by atoms with van der Waals surface area (Å²) in [6.07, 6.45) is 3.97. The SMILES string of the molecule is Cc1c(C(=O)NC(C)(CN)C2CC2)nnn1-c1ccc2ncccc2c1.Cl.Cl. The van der Waals surface area contributed by atoms with Gasteiger partial charge in [0.25, 0.3) is 5.91 Å². The number of carbonyl (C=O) groups is 1. The molecule has 1 unspecified atom stereocenters. The minimum atomic E-state index is -0.387. The van der Waals surface area contributed by atoms with Gasteiger partial charge in [-0.3, -0.25) is 9.78 Å². The molecule has 0 radical (unpaired) electrons. The smallest absolute Gasteiger partial charge is 0.274 e. The van der Waals surface area contributed by atoms with Gasteiger partial charge in [0.05, 0.1) is 22.4 Å². The largest absolute Gasteiger partial charge is 0.344 e. The van der Waals surface area contributed by atoms with Crippen molar-refractivity contribution in [2.24, 2.45) is 11.7 Å². The first-order valence-electron chi connectivity index (χ1n) is 8.82. The summed E-state index contributed by atoms with van der Waals surface area (Å²) in [5.41, 5.74) is 8.30. The second kappa shape index (κ2) is 8.43. The summed E-state index contributed by atoms with van der Waals surface area (Å²) in [7, 11) is 0. The highest BCUT2D eigenvalue weighted by atomic mass is 35.5. The lowest BCUT2D eigenvalue weighted by Gasteiger charge is -2.29. The number of pyridine rings is 1. The van der Waals surface area contributed by atoms with Crippen molar-refractivity contribution in [1.82, 2.24) is 25.3 Å². The number of benzene rings is 1. The number of rotatable bonds is 5. The van der Waals surface area contributed by atoms with Crippen LogP contribution in [0.1, 0.15) is 35.9 Å². The van der Waals surface area contributed by atoms with Crippen LogP contribution in [0.15, 0.2) is 36.5 Å². The third kappa shape index (κ3) is 3.97. The van der Waals surface area contributed by atoms with Crippen LogP contribution in [-0.4, -0.2) is 38.0 Å². The van der Waals surface area contributed by atoms with Crippen LogP contribution in [-0.2, 0) is 0 Å². The Bertz CT molecular complexity index is 987. The van der Waals surface area contributed by atoms with Gasteiger partial charge in [0.15, 0.2) is 5.69 Å². The monoisotopic (exact) mass is 422 g/mol. The Morgan fingerprint density at radius 2 is 2.07 bits per heavy atom. The summed E-state index contributed by atoms with van der Waals surface area (Å²) in [4.78, 5) is 17.1. The summed E-state index contributed by atoms with van der Waals surface area (Å²) in [5.74, 6) is 0.218. The van der Waals surface area contributed by atoms with Gasteiger partial charge in [-0.05, 0) is 56.9 Å². The fourth-order valence-electron chi connectivity index (χ4n) is 3.34. The molecule has 0 spiro atoms. The van der Waals surface area contributed by atoms with Crippen LogP contribution in [0.4, 0.5) is 0 Å². The van der Waals surface area contributed by atoms with Crippen molar-refractivity contribution in [2.45, 2.75) is 32.2 Å². The highest BCUT2D eigenvalue weighted by Gasteiger charge is 2.42. The fourth-order valence-corrected chi connectivity index (χ4v) is 3.34. The Kier molecular flexibility index (Phi) is 6.64. The first-order chi connectivity index (χ1) is 12.5. The fraction of sp³-hybridized carbons (Fsp3) is 0.368. The molecule has 1 amide bonds. The average Bonchev–Trinajstić information content (AvgIpc) is 3.44. The van der Waals surface area contributed by atoms with Gasteiger partial charge < -0.3 is 11.1 Å². The second-order valence-corrected chi connectivity index (χ2v) is 7.17. The lowest BCUT2D eigenvalue weighted by atomic mass is 9.95. The van der Waals surface area contributed by atoms with Crippen LogP contribution < -0.4 is 11.1 Å². The Morgan fingerprint density at radius 1 is 1.32 bits per heavy atom. The van der Waals surface area contributed by atoms with Crippen LogP contribution in [0.5, 0.6) is 0 Å². The molecule has 1 aromatic carbocycles. The zero-order valence-corrected chi connectivity index (χ0v) is 17.4. The molecule has 9 heteroatoms. The van der Waals surface area contributed by atoms with Gasteiger partial charge in [-0.25, -0.2) is 4.68 Å². The Hall–Kier alpha value is -2.22. The first-order valence-corrected chi connectivity index (χ1v) is 8.82. The van der Waals surface area contributed by atoms with Crippen molar-refractivity contribution in [3.05, 3.63) is 47.9 Å². The normalized spacial score (nSPS) is 15.2. The van der Waals surface area contributed by atoms with Gasteiger partial charge in [-0.15, -0.1) is 29.9 Å². The number of hydrogen-bond acceptors (Lipinski definition) is 5. The summed E-state index contributed by atoms with van der Waals surface area (Å²) in [6, 6.07) is 9.73. The molecule has 7 nitrogen and oxygen atoms in total. The zero-order chi connectivity index (χ0) is 18.3. The van der Waals surface area contributed by atoms with E-state index in [4.69, 9.17) is 5.73 Å². The van der Waals surface area contributed by atoms with E-state index in [1.54, 1.807) is 10.9 Å². The van der Waals surface area contributed by atoms with Gasteiger partial charge in [0.2, 0.25) is 0 Å². The highest BCUT2D eigenvalue weighted by Crippen LogP contribution is 2.39. The minimum absolute atomic E-state index is 0. The molecule has 1 fully saturated rings. The Morgan fingerprint density at radius 3 is 2.75 bits per heavy atom. The average molecular weight is 423 g/mol. The number of carbonyl (C=O) groups excluding carboxylic acids is 1. The van der Waals surface area contributed by atoms with E-state index in [-0.39, 0.29) is 36.3 Å². The van der Waals surface area contributed by atoms with E-state index < -0.39 is 0 Å². The zero-order valence-electron chi connectivity index (χ0n) is 15.8. The van der Waals surface area contributed by atoms with Gasteiger partial charge in [0, 0.05) is 18.1 Å². The number of nitrogens with zero attached hydrogens (tertiary/aromatic N) is 4. The van der Waals surface area contributed by atoms with E-state index in [0.717, 1.165) is 29.4 Å². The van der Waals surface area contributed by atoms with Gasteiger partial charge >= 0.3 is 0 Å². The number of fused-ring (bicyclic) bond motifs is 1. The maximum absolute atomic E-state index is 12.7. The second-order valence-electron chi connectivity index (χ2n) is 7.17. The van der Waals surface area contributed by atoms with E-state index in [1.165, 1.54) is 0 Å². The number of hydrogen-bond donors (Lipinski definition) is 2. The molecule has 1 atom stereocenters. The summed E-state index contributed by atoms with van der Waals surface area (Å²) in [6.45, 7) is 4.26. The maximum Gasteiger partial charge on any atom is 0.274 e. The Balaban J connectivity index is 0.00000140. The minimum Gasteiger partial charge on any atom is -0.344 e. The van der Waals surface area contributed by atoms with Crippen molar-refractivity contribution in [1.29, 1.82) is 0 Å². The molecule has 0 aliphatic heterocycles. The first kappa shape index (κ1) is 22.1. The van der Waals surface area contributed by atoms with Crippen molar-refractivity contribution < 1.29 is 4.79 Å². The number of nitrogens with one attached hydrogen (secondary N) is 1. The lowest BCUT2D eigenvalue weighted by molar-refractivity contribution is 0.0892. The summed E-state index contributed by atoms with van der Waals surface area (Å²) < 4.78 is 1.68. The van der Waals surface area contributed by atoms with Gasteiger partial charge in [-0.2, -0.15) is 0 Å². The van der Waals surface area contributed by atoms with Crippen LogP contribution in [0.2, 0.25) is 0 Å². The molecule has 2 heterocycles. The third-order valence-electron chi connectivity index (χ3n) is 5.24. The highest BCUT2D eigenvalue weighted by molar-refractivity contribution is 5.94. The molecule has 3 N–H and O–H groups in total. The van der Waals surface area contributed by atoms with Crippen molar-refractivity contribution in [3.63, 3.8) is 0 Å². The van der Waals surface area contributed by atoms with Crippen molar-refractivity contribution in [2.75, 3.05) is 6.54 Å². The van der Waals surface area contributed by atoms with E-state index in [0.29, 0.717) is 23.9 Å². The summed E-state index contributed by atoms with van der Waals surface area (Å²) in [5, 5.41) is 12.4. The number of amides is 1. The van der Waals surface area contributed by atoms with Gasteiger partial charge in [0.1, 0.15) is 0 Å². The van der Waals surface area contributed by atoms with Crippen molar-refractivity contribution >= 4 is 41.6 Å². The number of aromatic nitrogens is 4. The van der Waals surface area contributed by atoms with E-state index in [1.807, 2.05) is 44.2 Å². The van der Waals surface area contributed by atoms with Crippen LogP contribution in [0.25, 0.3) is 16.6 Å². The Labute approximate surface area is 175 Å². The molecule has 28 heavy (non-hydrogen) atoms. The molecule has 1 saturated carbocycles. The number of halogens is 2. The van der Waals surface area contributed by atoms with Gasteiger partial charge in [-0.1, -0.05) is 11.3 Å². The summed E-state index contributed by atoms with van der Waals surface area (Å²) >= 11 is 0. The molecule has 0 bridgehead atoms. The lowest BCUT2D eigenvalue weighted by Crippen LogP contribution is -2.53. The van der Waals surface area contributed by atoms with E-state index in [9.17, 15) is 4.79 Å². The molecular weight excluding hydrogens is 399 g/mol. The van der Waals surface area contributed by atoms with Crippen LogP contribution >= 0.6 is 24.8 Å². The predicted molar refractivity (Wildman–Crippen MR) is 114 cm³/mol. The molecule has 3 aromatic rings. The molecular formula is C19H24Cl2N6O.